The fraction of sp³-hybridized carbons (Fsp3) is 0. The number of aromatic nitrogens is 2. The van der Waals surface area contributed by atoms with E-state index in [4.69, 9.17) is 5.73 Å². The number of nitrogen functional groups attached to an aromatic ring is 1. The van der Waals surface area contributed by atoms with Gasteiger partial charge in [0.15, 0.2) is 6.29 Å². The number of hydrogen-bond acceptors (Lipinski definition) is 3. The van der Waals surface area contributed by atoms with Gasteiger partial charge in [-0.2, -0.15) is 5.10 Å². The van der Waals surface area contributed by atoms with Crippen molar-refractivity contribution in [1.29, 1.82) is 0 Å². The molecule has 0 bridgehead atoms. The maximum absolute atomic E-state index is 10.5. The van der Waals surface area contributed by atoms with Crippen LogP contribution in [0.2, 0.25) is 0 Å². The lowest BCUT2D eigenvalue weighted by Crippen LogP contribution is -2.02. The Bertz CT molecular complexity index is 448. The molecule has 0 aliphatic heterocycles. The van der Waals surface area contributed by atoms with Crippen molar-refractivity contribution in [2.24, 2.45) is 0 Å². The number of aldehydes is 1. The van der Waals surface area contributed by atoms with Gasteiger partial charge in [-0.1, -0.05) is 18.2 Å². The van der Waals surface area contributed by atoms with Gasteiger partial charge in [0.25, 0.3) is 0 Å². The quantitative estimate of drug-likeness (QED) is 0.720. The summed E-state index contributed by atoms with van der Waals surface area (Å²) in [6.07, 6.45) is 2.15. The van der Waals surface area contributed by atoms with Crippen LogP contribution in [0.3, 0.4) is 0 Å². The van der Waals surface area contributed by atoms with Crippen molar-refractivity contribution < 1.29 is 4.79 Å². The molecule has 0 spiro atoms. The number of carbonyl (C=O) groups excluding carboxylic acids is 1. The van der Waals surface area contributed by atoms with E-state index in [1.54, 1.807) is 0 Å². The number of anilines is 1. The summed E-state index contributed by atoms with van der Waals surface area (Å²) in [4.78, 5) is 10.5. The molecule has 0 atom stereocenters. The second-order valence-corrected chi connectivity index (χ2v) is 2.85. The first kappa shape index (κ1) is 8.50. The van der Waals surface area contributed by atoms with Crippen molar-refractivity contribution in [1.82, 2.24) is 9.78 Å². The Labute approximate surface area is 81.0 Å². The van der Waals surface area contributed by atoms with Crippen molar-refractivity contribution >= 4 is 12.1 Å². The highest BCUT2D eigenvalue weighted by molar-refractivity contribution is 5.81. The highest BCUT2D eigenvalue weighted by Gasteiger charge is 2.06. The smallest absolute Gasteiger partial charge is 0.155 e. The standard InChI is InChI=1S/C10H9N3O/c11-10-8(7-14)6-12-13(10)9-4-2-1-3-5-9/h1-7H,11H2. The van der Waals surface area contributed by atoms with Crippen LogP contribution in [0.15, 0.2) is 36.5 Å². The summed E-state index contributed by atoms with van der Waals surface area (Å²) < 4.78 is 1.53. The van der Waals surface area contributed by atoms with E-state index in [0.29, 0.717) is 17.7 Å². The Balaban J connectivity index is 2.53. The molecule has 1 aromatic carbocycles. The number of rotatable bonds is 2. The zero-order valence-electron chi connectivity index (χ0n) is 7.42. The SMILES string of the molecule is Nc1c(C=O)cnn1-c1ccccc1. The molecule has 0 fully saturated rings. The number of carbonyl (C=O) groups is 1. The molecule has 0 aliphatic rings. The van der Waals surface area contributed by atoms with Gasteiger partial charge in [0.05, 0.1) is 17.4 Å². The molecule has 0 unspecified atom stereocenters. The van der Waals surface area contributed by atoms with Crippen LogP contribution in [0.5, 0.6) is 0 Å². The molecule has 4 heteroatoms. The van der Waals surface area contributed by atoms with Crippen molar-refractivity contribution in [2.45, 2.75) is 0 Å². The molecular formula is C10H9N3O. The molecule has 2 rings (SSSR count). The molecule has 0 saturated carbocycles. The van der Waals surface area contributed by atoms with E-state index in [1.807, 2.05) is 30.3 Å². The first-order valence-electron chi connectivity index (χ1n) is 4.17. The Morgan fingerprint density at radius 3 is 2.57 bits per heavy atom. The van der Waals surface area contributed by atoms with Crippen molar-refractivity contribution in [2.75, 3.05) is 5.73 Å². The maximum Gasteiger partial charge on any atom is 0.155 e. The Kier molecular flexibility index (Phi) is 2.02. The van der Waals surface area contributed by atoms with Crippen molar-refractivity contribution in [3.8, 4) is 5.69 Å². The molecule has 0 radical (unpaired) electrons. The number of hydrogen-bond donors (Lipinski definition) is 1. The molecule has 4 nitrogen and oxygen atoms in total. The Hall–Kier alpha value is -2.10. The van der Waals surface area contributed by atoms with Crippen LogP contribution < -0.4 is 5.73 Å². The molecule has 14 heavy (non-hydrogen) atoms. The third-order valence-corrected chi connectivity index (χ3v) is 1.96. The summed E-state index contributed by atoms with van der Waals surface area (Å²) in [5.74, 6) is 0.367. The predicted octanol–water partition coefficient (Wildman–Crippen LogP) is 1.27. The summed E-state index contributed by atoms with van der Waals surface area (Å²) in [7, 11) is 0. The lowest BCUT2D eigenvalue weighted by atomic mass is 10.3. The first-order valence-corrected chi connectivity index (χ1v) is 4.17. The van der Waals surface area contributed by atoms with E-state index in [-0.39, 0.29) is 0 Å². The van der Waals surface area contributed by atoms with E-state index in [0.717, 1.165) is 5.69 Å². The minimum Gasteiger partial charge on any atom is -0.383 e. The van der Waals surface area contributed by atoms with Crippen LogP contribution in [0.4, 0.5) is 5.82 Å². The average molecular weight is 187 g/mol. The lowest BCUT2D eigenvalue weighted by molar-refractivity contribution is 0.112. The minimum atomic E-state index is 0.367. The topological polar surface area (TPSA) is 60.9 Å². The third-order valence-electron chi connectivity index (χ3n) is 1.96. The summed E-state index contributed by atoms with van der Waals surface area (Å²) >= 11 is 0. The highest BCUT2D eigenvalue weighted by Crippen LogP contribution is 2.14. The van der Waals surface area contributed by atoms with Gasteiger partial charge in [0, 0.05) is 0 Å². The maximum atomic E-state index is 10.5. The van der Waals surface area contributed by atoms with Crippen LogP contribution in [-0.2, 0) is 0 Å². The van der Waals surface area contributed by atoms with Gasteiger partial charge in [-0.25, -0.2) is 4.68 Å². The van der Waals surface area contributed by atoms with Crippen molar-refractivity contribution in [3.05, 3.63) is 42.1 Å². The fourth-order valence-corrected chi connectivity index (χ4v) is 1.24. The van der Waals surface area contributed by atoms with Gasteiger partial charge in [-0.15, -0.1) is 0 Å². The Morgan fingerprint density at radius 2 is 2.00 bits per heavy atom. The van der Waals surface area contributed by atoms with E-state index < -0.39 is 0 Å². The zero-order valence-corrected chi connectivity index (χ0v) is 7.42. The average Bonchev–Trinajstić information content (AvgIpc) is 2.61. The van der Waals surface area contributed by atoms with Gasteiger partial charge in [0.2, 0.25) is 0 Å². The lowest BCUT2D eigenvalue weighted by Gasteiger charge is -2.02. The fourth-order valence-electron chi connectivity index (χ4n) is 1.24. The second-order valence-electron chi connectivity index (χ2n) is 2.85. The molecule has 70 valence electrons. The van der Waals surface area contributed by atoms with Gasteiger partial charge >= 0.3 is 0 Å². The summed E-state index contributed by atoms with van der Waals surface area (Å²) in [6.45, 7) is 0. The number of para-hydroxylation sites is 1. The molecule has 0 aliphatic carbocycles. The normalized spacial score (nSPS) is 10.0. The predicted molar refractivity (Wildman–Crippen MR) is 53.4 cm³/mol. The van der Waals surface area contributed by atoms with E-state index in [2.05, 4.69) is 5.10 Å². The van der Waals surface area contributed by atoms with Crippen LogP contribution >= 0.6 is 0 Å². The van der Waals surface area contributed by atoms with E-state index >= 15 is 0 Å². The summed E-state index contributed by atoms with van der Waals surface area (Å²) in [5, 5.41) is 4.02. The number of nitrogens with two attached hydrogens (primary N) is 1. The van der Waals surface area contributed by atoms with E-state index in [1.165, 1.54) is 10.9 Å². The van der Waals surface area contributed by atoms with Crippen LogP contribution in [0.25, 0.3) is 5.69 Å². The molecule has 0 saturated heterocycles. The summed E-state index contributed by atoms with van der Waals surface area (Å²) in [6, 6.07) is 9.42. The monoisotopic (exact) mass is 187 g/mol. The molecular weight excluding hydrogens is 178 g/mol. The molecule has 1 heterocycles. The number of nitrogens with zero attached hydrogens (tertiary/aromatic N) is 2. The van der Waals surface area contributed by atoms with E-state index in [9.17, 15) is 4.79 Å². The molecule has 2 N–H and O–H groups in total. The third kappa shape index (κ3) is 1.26. The van der Waals surface area contributed by atoms with Gasteiger partial charge < -0.3 is 5.73 Å². The van der Waals surface area contributed by atoms with Gasteiger partial charge in [-0.05, 0) is 12.1 Å². The minimum absolute atomic E-state index is 0.367. The molecule has 2 aromatic rings. The Morgan fingerprint density at radius 1 is 1.29 bits per heavy atom. The molecule has 0 amide bonds. The van der Waals surface area contributed by atoms with Crippen LogP contribution in [0.1, 0.15) is 10.4 Å². The van der Waals surface area contributed by atoms with Crippen LogP contribution in [0, 0.1) is 0 Å². The van der Waals surface area contributed by atoms with Gasteiger partial charge in [0.1, 0.15) is 5.82 Å². The first-order chi connectivity index (χ1) is 6.83. The largest absolute Gasteiger partial charge is 0.383 e. The second kappa shape index (κ2) is 3.33. The highest BCUT2D eigenvalue weighted by atomic mass is 16.1. The molecule has 1 aromatic heterocycles. The number of benzene rings is 1. The van der Waals surface area contributed by atoms with Crippen molar-refractivity contribution in [3.63, 3.8) is 0 Å². The van der Waals surface area contributed by atoms with Crippen LogP contribution in [-0.4, -0.2) is 16.1 Å². The zero-order chi connectivity index (χ0) is 9.97. The van der Waals surface area contributed by atoms with Gasteiger partial charge in [-0.3, -0.25) is 4.79 Å². The summed E-state index contributed by atoms with van der Waals surface area (Å²) in [5.41, 5.74) is 6.97.